The van der Waals surface area contributed by atoms with Crippen molar-refractivity contribution in [3.05, 3.63) is 35.9 Å². The van der Waals surface area contributed by atoms with Gasteiger partial charge in [0.1, 0.15) is 11.8 Å². The van der Waals surface area contributed by atoms with Crippen LogP contribution in [0.5, 0.6) is 0 Å². The molecule has 0 spiro atoms. The van der Waals surface area contributed by atoms with Crippen molar-refractivity contribution in [2.24, 2.45) is 10.9 Å². The molecule has 0 bridgehead atoms. The van der Waals surface area contributed by atoms with E-state index in [4.69, 9.17) is 0 Å². The van der Waals surface area contributed by atoms with Gasteiger partial charge in [-0.05, 0) is 12.0 Å². The Morgan fingerprint density at radius 2 is 1.86 bits per heavy atom. The summed E-state index contributed by atoms with van der Waals surface area (Å²) in [6, 6.07) is 9.96. The van der Waals surface area contributed by atoms with Crippen molar-refractivity contribution >= 4 is 17.8 Å². The number of urea groups is 1. The monoisotopic (exact) mass is 300 g/mol. The summed E-state index contributed by atoms with van der Waals surface area (Å²) in [6.45, 7) is 2.01. The van der Waals surface area contributed by atoms with Gasteiger partial charge < -0.3 is 0 Å². The van der Waals surface area contributed by atoms with Crippen LogP contribution in [0.3, 0.4) is 0 Å². The van der Waals surface area contributed by atoms with Gasteiger partial charge in [0.25, 0.3) is 0 Å². The van der Waals surface area contributed by atoms with Crippen LogP contribution in [0.25, 0.3) is 0 Å². The molecular formula is C16H20N4O2. The molecule has 0 N–H and O–H groups in total. The second-order valence-corrected chi connectivity index (χ2v) is 5.76. The lowest BCUT2D eigenvalue weighted by Crippen LogP contribution is -2.61. The van der Waals surface area contributed by atoms with Gasteiger partial charge in [-0.15, -0.1) is 0 Å². The maximum absolute atomic E-state index is 12.3. The Morgan fingerprint density at radius 1 is 1.14 bits per heavy atom. The summed E-state index contributed by atoms with van der Waals surface area (Å²) in [5, 5.41) is 0. The number of amidine groups is 1. The molecule has 1 aromatic rings. The van der Waals surface area contributed by atoms with E-state index in [1.165, 1.54) is 22.4 Å². The minimum atomic E-state index is -0.336. The Labute approximate surface area is 130 Å². The zero-order valence-corrected chi connectivity index (χ0v) is 12.9. The molecule has 22 heavy (non-hydrogen) atoms. The van der Waals surface area contributed by atoms with Crippen molar-refractivity contribution in [1.82, 2.24) is 14.7 Å². The molecule has 2 aliphatic heterocycles. The van der Waals surface area contributed by atoms with E-state index in [1.54, 1.807) is 7.05 Å². The van der Waals surface area contributed by atoms with Crippen LogP contribution >= 0.6 is 0 Å². The normalized spacial score (nSPS) is 22.6. The molecule has 0 saturated carbocycles. The summed E-state index contributed by atoms with van der Waals surface area (Å²) in [6.07, 6.45) is 0.928. The molecule has 6 heteroatoms. The highest BCUT2D eigenvalue weighted by Crippen LogP contribution is 2.21. The third kappa shape index (κ3) is 2.62. The second-order valence-electron chi connectivity index (χ2n) is 5.76. The Kier molecular flexibility index (Phi) is 3.94. The third-order valence-electron chi connectivity index (χ3n) is 4.29. The number of benzene rings is 1. The number of nitrogens with zero attached hydrogens (tertiary/aromatic N) is 4. The number of carbonyl (C=O) groups is 2. The predicted molar refractivity (Wildman–Crippen MR) is 83.4 cm³/mol. The van der Waals surface area contributed by atoms with Crippen molar-refractivity contribution < 1.29 is 9.59 Å². The number of imide groups is 1. The zero-order valence-electron chi connectivity index (χ0n) is 12.9. The lowest BCUT2D eigenvalue weighted by molar-refractivity contribution is -0.131. The SMILES string of the molecule is CN1C(=O)C2CN(CCc3ccccc3)CN=C2N(C)C1=O. The molecule has 0 aliphatic carbocycles. The van der Waals surface area contributed by atoms with Gasteiger partial charge in [-0.2, -0.15) is 0 Å². The molecule has 116 valence electrons. The van der Waals surface area contributed by atoms with Gasteiger partial charge >= 0.3 is 6.03 Å². The molecule has 1 aromatic carbocycles. The molecule has 1 fully saturated rings. The summed E-state index contributed by atoms with van der Waals surface area (Å²) >= 11 is 0. The van der Waals surface area contributed by atoms with Gasteiger partial charge in [0, 0.05) is 27.2 Å². The van der Waals surface area contributed by atoms with Gasteiger partial charge in [-0.25, -0.2) is 4.79 Å². The average molecular weight is 300 g/mol. The van der Waals surface area contributed by atoms with Crippen LogP contribution in [0.2, 0.25) is 0 Å². The van der Waals surface area contributed by atoms with E-state index in [9.17, 15) is 9.59 Å². The van der Waals surface area contributed by atoms with E-state index in [2.05, 4.69) is 22.0 Å². The minimum Gasteiger partial charge on any atom is -0.284 e. The van der Waals surface area contributed by atoms with Gasteiger partial charge in [0.15, 0.2) is 0 Å². The van der Waals surface area contributed by atoms with Crippen LogP contribution in [0.1, 0.15) is 5.56 Å². The van der Waals surface area contributed by atoms with Gasteiger partial charge in [0.2, 0.25) is 5.91 Å². The van der Waals surface area contributed by atoms with Crippen LogP contribution in [0.4, 0.5) is 4.79 Å². The predicted octanol–water partition coefficient (Wildman–Crippen LogP) is 1.04. The first-order chi connectivity index (χ1) is 10.6. The highest BCUT2D eigenvalue weighted by Gasteiger charge is 2.42. The number of aliphatic imine (C=N–C) groups is 1. The van der Waals surface area contributed by atoms with Crippen LogP contribution in [0.15, 0.2) is 35.3 Å². The number of carbonyl (C=O) groups excluding carboxylic acids is 2. The molecular weight excluding hydrogens is 280 g/mol. The van der Waals surface area contributed by atoms with Crippen molar-refractivity contribution in [2.45, 2.75) is 6.42 Å². The summed E-state index contributed by atoms with van der Waals surface area (Å²) in [4.78, 5) is 33.5. The summed E-state index contributed by atoms with van der Waals surface area (Å²) in [7, 11) is 3.21. The molecule has 0 radical (unpaired) electrons. The molecule has 1 atom stereocenters. The lowest BCUT2D eigenvalue weighted by atomic mass is 10.0. The van der Waals surface area contributed by atoms with E-state index >= 15 is 0 Å². The fourth-order valence-electron chi connectivity index (χ4n) is 2.95. The number of fused-ring (bicyclic) bond motifs is 1. The zero-order chi connectivity index (χ0) is 15.7. The fourth-order valence-corrected chi connectivity index (χ4v) is 2.95. The van der Waals surface area contributed by atoms with Crippen molar-refractivity contribution in [1.29, 1.82) is 0 Å². The molecule has 1 saturated heterocycles. The van der Waals surface area contributed by atoms with Crippen molar-refractivity contribution in [2.75, 3.05) is 33.9 Å². The fraction of sp³-hybridized carbons (Fsp3) is 0.438. The smallest absolute Gasteiger partial charge is 0.284 e. The molecule has 3 rings (SSSR count). The number of hydrogen-bond acceptors (Lipinski definition) is 4. The van der Waals surface area contributed by atoms with Crippen molar-refractivity contribution in [3.8, 4) is 0 Å². The summed E-state index contributed by atoms with van der Waals surface area (Å²) in [5.74, 6) is 0.104. The molecule has 6 nitrogen and oxygen atoms in total. The highest BCUT2D eigenvalue weighted by atomic mass is 16.2. The maximum atomic E-state index is 12.3. The van der Waals surface area contributed by atoms with Gasteiger partial charge in [0.05, 0.1) is 6.67 Å². The molecule has 3 amide bonds. The Bertz CT molecular complexity index is 614. The van der Waals surface area contributed by atoms with Crippen LogP contribution < -0.4 is 0 Å². The molecule has 2 aliphatic rings. The molecule has 1 unspecified atom stereocenters. The summed E-state index contributed by atoms with van der Waals surface area (Å²) < 4.78 is 0. The minimum absolute atomic E-state index is 0.161. The van der Waals surface area contributed by atoms with E-state index < -0.39 is 0 Å². The van der Waals surface area contributed by atoms with Crippen molar-refractivity contribution in [3.63, 3.8) is 0 Å². The van der Waals surface area contributed by atoms with Crippen LogP contribution in [0, 0.1) is 5.92 Å². The molecule has 2 heterocycles. The second kappa shape index (κ2) is 5.88. The Morgan fingerprint density at radius 3 is 2.59 bits per heavy atom. The average Bonchev–Trinajstić information content (AvgIpc) is 2.57. The topological polar surface area (TPSA) is 56.2 Å². The quantitative estimate of drug-likeness (QED) is 0.838. The van der Waals surface area contributed by atoms with E-state index in [-0.39, 0.29) is 17.9 Å². The van der Waals surface area contributed by atoms with Gasteiger partial charge in [-0.3, -0.25) is 24.5 Å². The Balaban J connectivity index is 1.68. The summed E-state index contributed by atoms with van der Waals surface area (Å²) in [5.41, 5.74) is 1.27. The van der Waals surface area contributed by atoms with E-state index in [0.717, 1.165) is 13.0 Å². The largest absolute Gasteiger partial charge is 0.331 e. The van der Waals surface area contributed by atoms with Crippen LogP contribution in [-0.4, -0.2) is 66.3 Å². The van der Waals surface area contributed by atoms with E-state index in [0.29, 0.717) is 19.0 Å². The molecule has 0 aromatic heterocycles. The standard InChI is InChI=1S/C16H20N4O2/c1-18-14-13(15(21)19(2)16(18)22)10-20(11-17-14)9-8-12-6-4-3-5-7-12/h3-7,13H,8-11H2,1-2H3. The van der Waals surface area contributed by atoms with E-state index in [1.807, 2.05) is 18.2 Å². The first-order valence-corrected chi connectivity index (χ1v) is 7.44. The first kappa shape index (κ1) is 14.7. The third-order valence-corrected chi connectivity index (χ3v) is 4.29. The number of hydrogen-bond donors (Lipinski definition) is 0. The maximum Gasteiger partial charge on any atom is 0.331 e. The van der Waals surface area contributed by atoms with Crippen LogP contribution in [-0.2, 0) is 11.2 Å². The number of rotatable bonds is 3. The number of amides is 3. The van der Waals surface area contributed by atoms with Gasteiger partial charge in [-0.1, -0.05) is 30.3 Å². The Hall–Kier alpha value is -2.21. The lowest BCUT2D eigenvalue weighted by Gasteiger charge is -2.40. The highest BCUT2D eigenvalue weighted by molar-refractivity contribution is 6.17. The first-order valence-electron chi connectivity index (χ1n) is 7.44.